The molecule has 1 fully saturated rings. The van der Waals surface area contributed by atoms with Crippen LogP contribution in [0.5, 0.6) is 5.75 Å². The monoisotopic (exact) mass is 559 g/mol. The zero-order chi connectivity index (χ0) is 24.3. The molecule has 1 N–H and O–H groups in total. The molecule has 1 aliphatic heterocycles. The van der Waals surface area contributed by atoms with Crippen LogP contribution >= 0.6 is 27.7 Å². The number of aliphatic imine (C=N–C) groups is 1. The highest BCUT2D eigenvalue weighted by atomic mass is 79.9. The Labute approximate surface area is 207 Å². The van der Waals surface area contributed by atoms with Gasteiger partial charge in [-0.05, 0) is 60.3 Å². The molecule has 3 aromatic rings. The largest absolute Gasteiger partial charge is 0.378 e. The maximum atomic E-state index is 12.7. The molecule has 0 unspecified atom stereocenters. The van der Waals surface area contributed by atoms with E-state index in [-0.39, 0.29) is 22.2 Å². The number of amidine groups is 1. The van der Waals surface area contributed by atoms with Crippen molar-refractivity contribution in [2.75, 3.05) is 0 Å². The van der Waals surface area contributed by atoms with Crippen LogP contribution in [0, 0.1) is 10.1 Å². The number of nitro groups is 1. The first-order chi connectivity index (χ1) is 16.2. The first kappa shape index (κ1) is 23.7. The molecular formula is C22H14BrN3O6S2. The van der Waals surface area contributed by atoms with Gasteiger partial charge in [-0.2, -0.15) is 8.42 Å². The van der Waals surface area contributed by atoms with Gasteiger partial charge in [0.05, 0.1) is 15.5 Å². The number of nitro benzene ring substituents is 1. The number of amides is 1. The van der Waals surface area contributed by atoms with Crippen LogP contribution in [0.2, 0.25) is 0 Å². The van der Waals surface area contributed by atoms with Crippen LogP contribution in [0.3, 0.4) is 0 Å². The number of rotatable bonds is 6. The van der Waals surface area contributed by atoms with E-state index in [2.05, 4.69) is 26.2 Å². The Balaban J connectivity index is 1.58. The predicted octanol–water partition coefficient (Wildman–Crippen LogP) is 5.02. The third-order valence-corrected chi connectivity index (χ3v) is 7.14. The third kappa shape index (κ3) is 5.53. The lowest BCUT2D eigenvalue weighted by Crippen LogP contribution is -2.19. The average molecular weight is 560 g/mol. The number of halogens is 1. The lowest BCUT2D eigenvalue weighted by molar-refractivity contribution is -0.384. The Morgan fingerprint density at radius 2 is 1.71 bits per heavy atom. The molecule has 1 aliphatic rings. The Morgan fingerprint density at radius 3 is 2.38 bits per heavy atom. The van der Waals surface area contributed by atoms with Crippen LogP contribution in [0.4, 0.5) is 11.4 Å². The van der Waals surface area contributed by atoms with Gasteiger partial charge in [0.15, 0.2) is 5.17 Å². The first-order valence-corrected chi connectivity index (χ1v) is 12.6. The molecular weight excluding hydrogens is 546 g/mol. The van der Waals surface area contributed by atoms with Gasteiger partial charge in [-0.25, -0.2) is 4.99 Å². The van der Waals surface area contributed by atoms with Crippen molar-refractivity contribution in [2.24, 2.45) is 4.99 Å². The summed E-state index contributed by atoms with van der Waals surface area (Å²) in [5, 5.41) is 13.9. The highest BCUT2D eigenvalue weighted by Crippen LogP contribution is 2.32. The van der Waals surface area contributed by atoms with Gasteiger partial charge in [-0.15, -0.1) is 0 Å². The molecule has 12 heteroatoms. The van der Waals surface area contributed by atoms with Crippen molar-refractivity contribution in [3.05, 3.63) is 97.9 Å². The summed E-state index contributed by atoms with van der Waals surface area (Å²) in [4.78, 5) is 27.1. The second kappa shape index (κ2) is 9.79. The summed E-state index contributed by atoms with van der Waals surface area (Å²) >= 11 is 4.46. The van der Waals surface area contributed by atoms with Gasteiger partial charge in [0, 0.05) is 22.2 Å². The van der Waals surface area contributed by atoms with Crippen LogP contribution in [0.25, 0.3) is 6.08 Å². The molecule has 0 spiro atoms. The number of benzene rings is 3. The molecule has 9 nitrogen and oxygen atoms in total. The van der Waals surface area contributed by atoms with Crippen molar-refractivity contribution in [1.82, 2.24) is 5.32 Å². The molecule has 0 aliphatic carbocycles. The standard InChI is InChI=1S/C22H14BrN3O6S2/c23-15-5-7-16(8-6-15)24-22-25-21(27)20(33-22)13-14-3-1-2-4-19(14)32-34(30,31)18-11-9-17(10-12-18)26(28)29/h1-13H,(H,24,25,27)/b20-13+. The molecule has 1 saturated heterocycles. The van der Waals surface area contributed by atoms with Crippen LogP contribution in [0.15, 0.2) is 92.1 Å². The van der Waals surface area contributed by atoms with E-state index >= 15 is 0 Å². The normalized spacial score (nSPS) is 16.0. The zero-order valence-corrected chi connectivity index (χ0v) is 20.3. The molecule has 0 bridgehead atoms. The molecule has 0 saturated carbocycles. The summed E-state index contributed by atoms with van der Waals surface area (Å²) in [6, 6.07) is 17.9. The number of carbonyl (C=O) groups is 1. The van der Waals surface area contributed by atoms with Crippen molar-refractivity contribution >= 4 is 66.3 Å². The number of hydrogen-bond acceptors (Lipinski definition) is 8. The number of hydrogen-bond donors (Lipinski definition) is 1. The molecule has 0 aromatic heterocycles. The Bertz CT molecular complexity index is 1440. The van der Waals surface area contributed by atoms with Crippen LogP contribution in [-0.2, 0) is 14.9 Å². The number of nitrogens with zero attached hydrogens (tertiary/aromatic N) is 2. The van der Waals surface area contributed by atoms with Gasteiger partial charge >= 0.3 is 10.1 Å². The molecule has 4 rings (SSSR count). The minimum absolute atomic E-state index is 0.0000473. The zero-order valence-electron chi connectivity index (χ0n) is 17.0. The molecule has 172 valence electrons. The number of thioether (sulfide) groups is 1. The fourth-order valence-electron chi connectivity index (χ4n) is 2.83. The fourth-order valence-corrected chi connectivity index (χ4v) is 4.88. The summed E-state index contributed by atoms with van der Waals surface area (Å²) in [6.45, 7) is 0. The Hall–Kier alpha value is -3.48. The lowest BCUT2D eigenvalue weighted by Gasteiger charge is -2.09. The molecule has 0 radical (unpaired) electrons. The summed E-state index contributed by atoms with van der Waals surface area (Å²) < 4.78 is 31.6. The summed E-state index contributed by atoms with van der Waals surface area (Å²) in [7, 11) is -4.27. The number of nitrogens with one attached hydrogen (secondary N) is 1. The van der Waals surface area contributed by atoms with Crippen molar-refractivity contribution in [3.63, 3.8) is 0 Å². The Kier molecular flexibility index (Phi) is 6.82. The van der Waals surface area contributed by atoms with Crippen LogP contribution in [0.1, 0.15) is 5.56 Å². The predicted molar refractivity (Wildman–Crippen MR) is 132 cm³/mol. The highest BCUT2D eigenvalue weighted by Gasteiger charge is 2.25. The maximum absolute atomic E-state index is 12.7. The van der Waals surface area contributed by atoms with Crippen molar-refractivity contribution in [3.8, 4) is 5.75 Å². The van der Waals surface area contributed by atoms with E-state index in [1.807, 2.05) is 12.1 Å². The molecule has 34 heavy (non-hydrogen) atoms. The van der Waals surface area contributed by atoms with E-state index in [0.717, 1.165) is 40.5 Å². The first-order valence-electron chi connectivity index (χ1n) is 9.54. The lowest BCUT2D eigenvalue weighted by atomic mass is 10.2. The van der Waals surface area contributed by atoms with Gasteiger partial charge in [-0.3, -0.25) is 14.9 Å². The second-order valence-electron chi connectivity index (χ2n) is 6.78. The van der Waals surface area contributed by atoms with Crippen LogP contribution < -0.4 is 9.50 Å². The number of carbonyl (C=O) groups excluding carboxylic acids is 1. The fraction of sp³-hybridized carbons (Fsp3) is 0. The van der Waals surface area contributed by atoms with Crippen molar-refractivity contribution in [2.45, 2.75) is 4.90 Å². The summed E-state index contributed by atoms with van der Waals surface area (Å²) in [5.41, 5.74) is 0.773. The topological polar surface area (TPSA) is 128 Å². The Morgan fingerprint density at radius 1 is 1.03 bits per heavy atom. The second-order valence-corrected chi connectivity index (χ2v) is 10.3. The van der Waals surface area contributed by atoms with E-state index in [9.17, 15) is 23.3 Å². The number of para-hydroxylation sites is 1. The molecule has 3 aromatic carbocycles. The van der Waals surface area contributed by atoms with Crippen molar-refractivity contribution < 1.29 is 22.3 Å². The van der Waals surface area contributed by atoms with Gasteiger partial charge in [0.1, 0.15) is 10.6 Å². The van der Waals surface area contributed by atoms with Crippen molar-refractivity contribution in [1.29, 1.82) is 0 Å². The summed E-state index contributed by atoms with van der Waals surface area (Å²) in [6.07, 6.45) is 1.50. The summed E-state index contributed by atoms with van der Waals surface area (Å²) in [5.74, 6) is -0.381. The van der Waals surface area contributed by atoms with Gasteiger partial charge < -0.3 is 9.50 Å². The molecule has 1 heterocycles. The van der Waals surface area contributed by atoms with E-state index in [0.29, 0.717) is 21.3 Å². The molecule has 0 atom stereocenters. The van der Waals surface area contributed by atoms with Gasteiger partial charge in [-0.1, -0.05) is 34.1 Å². The highest BCUT2D eigenvalue weighted by molar-refractivity contribution is 9.10. The van der Waals surface area contributed by atoms with E-state index in [1.54, 1.807) is 30.3 Å². The maximum Gasteiger partial charge on any atom is 0.339 e. The van der Waals surface area contributed by atoms with E-state index in [4.69, 9.17) is 4.18 Å². The van der Waals surface area contributed by atoms with Gasteiger partial charge in [0.25, 0.3) is 11.6 Å². The smallest absolute Gasteiger partial charge is 0.339 e. The average Bonchev–Trinajstić information content (AvgIpc) is 3.15. The minimum Gasteiger partial charge on any atom is -0.378 e. The van der Waals surface area contributed by atoms with E-state index in [1.165, 1.54) is 12.1 Å². The number of non-ortho nitro benzene ring substituents is 1. The quantitative estimate of drug-likeness (QED) is 0.194. The third-order valence-electron chi connectivity index (χ3n) is 4.45. The molecule has 1 amide bonds. The van der Waals surface area contributed by atoms with E-state index < -0.39 is 15.0 Å². The minimum atomic E-state index is -4.27. The van der Waals surface area contributed by atoms with Gasteiger partial charge in [0.2, 0.25) is 0 Å². The van der Waals surface area contributed by atoms with Crippen LogP contribution in [-0.4, -0.2) is 24.4 Å². The SMILES string of the molecule is O=C1NC(=Nc2ccc(Br)cc2)S/C1=C/c1ccccc1OS(=O)(=O)c1ccc([N+](=O)[O-])cc1.